The van der Waals surface area contributed by atoms with Crippen LogP contribution >= 0.6 is 0 Å². The number of para-hydroxylation sites is 1. The summed E-state index contributed by atoms with van der Waals surface area (Å²) in [4.78, 5) is 79.3. The van der Waals surface area contributed by atoms with Crippen molar-refractivity contribution in [3.05, 3.63) is 101 Å². The molecule has 22 nitrogen and oxygen atoms in total. The molecule has 0 bridgehead atoms. The lowest BCUT2D eigenvalue weighted by molar-refractivity contribution is -0.136. The molecule has 5 aromatic rings. The number of fused-ring (bicyclic) bond motifs is 2. The minimum atomic E-state index is -1.03. The monoisotopic (exact) mass is 987 g/mol. The Morgan fingerprint density at radius 2 is 1.46 bits per heavy atom. The number of nitrogens with two attached hydrogens (primary N) is 1. The summed E-state index contributed by atoms with van der Waals surface area (Å²) in [6.07, 6.45) is 4.13. The topological polar surface area (TPSA) is 266 Å². The molecule has 0 spiro atoms. The van der Waals surface area contributed by atoms with E-state index in [1.54, 1.807) is 29.1 Å². The van der Waals surface area contributed by atoms with E-state index in [1.165, 1.54) is 0 Å². The number of rotatable bonds is 23. The Bertz CT molecular complexity index is 2760. The van der Waals surface area contributed by atoms with E-state index in [2.05, 4.69) is 26.3 Å². The zero-order chi connectivity index (χ0) is 50.0. The number of aromatic nitrogens is 5. The highest BCUT2D eigenvalue weighted by Gasteiger charge is 2.45. The Morgan fingerprint density at radius 3 is 2.17 bits per heavy atom. The lowest BCUT2D eigenvalue weighted by Gasteiger charge is -2.38. The first-order chi connectivity index (χ1) is 35.1. The number of imide groups is 2. The molecule has 6 heterocycles. The average molecular weight is 988 g/mol. The Morgan fingerprint density at radius 1 is 0.764 bits per heavy atom. The fourth-order valence-corrected chi connectivity index (χ4v) is 9.48. The van der Waals surface area contributed by atoms with E-state index < -0.39 is 35.6 Å². The van der Waals surface area contributed by atoms with Crippen LogP contribution in [-0.2, 0) is 35.1 Å². The first-order valence-corrected chi connectivity index (χ1v) is 24.2. The maximum atomic E-state index is 13.5. The largest absolute Gasteiger partial charge is 0.457 e. The lowest BCUT2D eigenvalue weighted by Crippen LogP contribution is -2.54. The van der Waals surface area contributed by atoms with Gasteiger partial charge in [-0.1, -0.05) is 29.5 Å². The highest BCUT2D eigenvalue weighted by Crippen LogP contribution is 2.40. The third-order valence-electron chi connectivity index (χ3n) is 13.0. The maximum absolute atomic E-state index is 13.5. The van der Waals surface area contributed by atoms with E-state index >= 15 is 0 Å². The highest BCUT2D eigenvalue weighted by molar-refractivity contribution is 6.25. The van der Waals surface area contributed by atoms with Crippen LogP contribution < -0.4 is 26.4 Å². The number of likely N-dealkylation sites (tertiary alicyclic amines) is 1. The van der Waals surface area contributed by atoms with Gasteiger partial charge in [0.05, 0.1) is 82.8 Å². The van der Waals surface area contributed by atoms with Crippen LogP contribution in [0.3, 0.4) is 0 Å². The van der Waals surface area contributed by atoms with Gasteiger partial charge >= 0.3 is 0 Å². The van der Waals surface area contributed by atoms with Crippen molar-refractivity contribution in [3.8, 4) is 22.8 Å². The van der Waals surface area contributed by atoms with Gasteiger partial charge in [-0.3, -0.25) is 39.0 Å². The van der Waals surface area contributed by atoms with Gasteiger partial charge in [0.1, 0.15) is 34.6 Å². The summed E-state index contributed by atoms with van der Waals surface area (Å²) in [6, 6.07) is 20.8. The van der Waals surface area contributed by atoms with Gasteiger partial charge in [0.25, 0.3) is 23.6 Å². The van der Waals surface area contributed by atoms with Gasteiger partial charge < -0.3 is 45.0 Å². The predicted molar refractivity (Wildman–Crippen MR) is 258 cm³/mol. The van der Waals surface area contributed by atoms with E-state index in [4.69, 9.17) is 34.5 Å². The highest BCUT2D eigenvalue weighted by atomic mass is 16.6. The van der Waals surface area contributed by atoms with E-state index in [0.29, 0.717) is 114 Å². The van der Waals surface area contributed by atoms with Gasteiger partial charge in [-0.25, -0.2) is 9.36 Å². The van der Waals surface area contributed by atoms with Crippen molar-refractivity contribution in [1.82, 2.24) is 39.9 Å². The van der Waals surface area contributed by atoms with Crippen molar-refractivity contribution in [2.45, 2.75) is 50.7 Å². The van der Waals surface area contributed by atoms with Crippen molar-refractivity contribution >= 4 is 46.9 Å². The number of nitrogens with zero attached hydrogens (tertiary/aromatic N) is 7. The molecule has 5 N–H and O–H groups in total. The van der Waals surface area contributed by atoms with Crippen LogP contribution in [-0.4, -0.2) is 155 Å². The molecule has 22 heteroatoms. The van der Waals surface area contributed by atoms with Gasteiger partial charge in [-0.2, -0.15) is 5.10 Å². The quantitative estimate of drug-likeness (QED) is 0.0539. The summed E-state index contributed by atoms with van der Waals surface area (Å²) >= 11 is 0. The Hall–Kier alpha value is -7.53. The molecule has 2 aromatic heterocycles. The normalized spacial score (nSPS) is 17.9. The Kier molecular flexibility index (Phi) is 15.9. The minimum absolute atomic E-state index is 0.0270. The standard InChI is InChI=1S/C50H57N11O11/c51-45(63)43-44(33-9-11-35(12-10-33)72-34-5-2-1-3-6-34)56-61-39(15-18-53-46(43)61)32-16-20-58(21-17-32)49(66)38-31-59(57-55-38)22-24-69-26-28-71-30-29-70-27-25-68-23-19-52-37-8-4-7-36-42(37)50(67)60(48(36)65)40-13-14-41(62)54-47(40)64/h1-12,31-32,39-40,52-53H,13-30H2,(H2,51,63)(H,54,62,64). The smallest absolute Gasteiger partial charge is 0.276 e. The molecule has 2 saturated heterocycles. The molecule has 2 atom stereocenters. The number of amides is 6. The molecule has 4 aliphatic heterocycles. The van der Waals surface area contributed by atoms with E-state index in [9.17, 15) is 28.8 Å². The molecule has 0 aliphatic carbocycles. The first kappa shape index (κ1) is 49.5. The maximum Gasteiger partial charge on any atom is 0.276 e. The molecule has 2 unspecified atom stereocenters. The second-order valence-electron chi connectivity index (χ2n) is 17.7. The van der Waals surface area contributed by atoms with E-state index in [-0.39, 0.29) is 47.5 Å². The number of carbonyl (C=O) groups is 6. The zero-order valence-corrected chi connectivity index (χ0v) is 39.7. The lowest BCUT2D eigenvalue weighted by atomic mass is 9.86. The first-order valence-electron chi connectivity index (χ1n) is 24.2. The van der Waals surface area contributed by atoms with E-state index in [0.717, 1.165) is 35.5 Å². The van der Waals surface area contributed by atoms with Crippen LogP contribution in [0.5, 0.6) is 11.5 Å². The van der Waals surface area contributed by atoms with Crippen molar-refractivity contribution in [3.63, 3.8) is 0 Å². The van der Waals surface area contributed by atoms with Crippen LogP contribution in [0.25, 0.3) is 11.3 Å². The van der Waals surface area contributed by atoms with Gasteiger partial charge in [-0.15, -0.1) is 5.10 Å². The Balaban J connectivity index is 0.623. The summed E-state index contributed by atoms with van der Waals surface area (Å²) in [5.41, 5.74) is 8.72. The number of ether oxygens (including phenoxy) is 5. The minimum Gasteiger partial charge on any atom is -0.457 e. The summed E-state index contributed by atoms with van der Waals surface area (Å²) in [5.74, 6) is -0.703. The van der Waals surface area contributed by atoms with Gasteiger partial charge in [0.15, 0.2) is 5.69 Å². The molecular weight excluding hydrogens is 931 g/mol. The number of benzene rings is 3. The third-order valence-corrected chi connectivity index (χ3v) is 13.0. The molecular formula is C50H57N11O11. The Labute approximate surface area is 414 Å². The number of hydrogen-bond donors (Lipinski definition) is 4. The number of hydrogen-bond acceptors (Lipinski definition) is 16. The average Bonchev–Trinajstić information content (AvgIpc) is 4.10. The molecule has 0 radical (unpaired) electrons. The van der Waals surface area contributed by atoms with Crippen LogP contribution in [0.2, 0.25) is 0 Å². The van der Waals surface area contributed by atoms with E-state index in [1.807, 2.05) is 64.2 Å². The molecule has 6 amide bonds. The van der Waals surface area contributed by atoms with Crippen molar-refractivity contribution in [2.24, 2.45) is 11.7 Å². The summed E-state index contributed by atoms with van der Waals surface area (Å²) in [7, 11) is 0. The number of piperidine rings is 2. The fourth-order valence-electron chi connectivity index (χ4n) is 9.48. The van der Waals surface area contributed by atoms with Crippen LogP contribution in [0.4, 0.5) is 11.5 Å². The second-order valence-corrected chi connectivity index (χ2v) is 17.7. The third kappa shape index (κ3) is 11.3. The number of carbonyl (C=O) groups excluding carboxylic acids is 6. The fraction of sp³-hybridized carbons (Fsp3) is 0.420. The molecule has 378 valence electrons. The van der Waals surface area contributed by atoms with Crippen molar-refractivity contribution in [2.75, 3.05) is 89.7 Å². The molecule has 4 aliphatic rings. The van der Waals surface area contributed by atoms with Gasteiger partial charge in [-0.05, 0) is 80.1 Å². The second kappa shape index (κ2) is 23.1. The van der Waals surface area contributed by atoms with Crippen LogP contribution in [0.1, 0.15) is 79.7 Å². The number of anilines is 2. The van der Waals surface area contributed by atoms with Gasteiger partial charge in [0, 0.05) is 43.9 Å². The number of primary amides is 1. The zero-order valence-electron chi connectivity index (χ0n) is 39.7. The molecule has 2 fully saturated rings. The summed E-state index contributed by atoms with van der Waals surface area (Å²) in [5, 5.41) is 22.0. The molecule has 0 saturated carbocycles. The summed E-state index contributed by atoms with van der Waals surface area (Å²) in [6.45, 7) is 5.40. The molecule has 3 aromatic carbocycles. The number of nitrogens with one attached hydrogen (secondary N) is 3. The SMILES string of the molecule is NC(=O)c1c(-c2ccc(Oc3ccccc3)cc2)nn2c1NCCC2C1CCN(C(=O)c2cn(CCOCCOCCOCCOCCNc3cccc4c3C(=O)N(C3CCC(=O)NC3=O)C4=O)nn2)CC1. The predicted octanol–water partition coefficient (Wildman–Crippen LogP) is 3.52. The summed E-state index contributed by atoms with van der Waals surface area (Å²) < 4.78 is 32.0. The van der Waals surface area contributed by atoms with Gasteiger partial charge in [0.2, 0.25) is 11.8 Å². The van der Waals surface area contributed by atoms with Crippen LogP contribution in [0.15, 0.2) is 79.0 Å². The van der Waals surface area contributed by atoms with Crippen molar-refractivity contribution < 1.29 is 52.5 Å². The van der Waals surface area contributed by atoms with Crippen LogP contribution in [0, 0.1) is 5.92 Å². The van der Waals surface area contributed by atoms with Crippen molar-refractivity contribution in [1.29, 1.82) is 0 Å². The molecule has 72 heavy (non-hydrogen) atoms. The molecule has 9 rings (SSSR count).